The van der Waals surface area contributed by atoms with Gasteiger partial charge in [-0.15, -0.1) is 0 Å². The molecule has 1 heterocycles. The normalized spacial score (nSPS) is 10.5. The monoisotopic (exact) mass is 233 g/mol. The van der Waals surface area contributed by atoms with Gasteiger partial charge in [0.05, 0.1) is 0 Å². The highest BCUT2D eigenvalue weighted by molar-refractivity contribution is 5.29. The van der Waals surface area contributed by atoms with Crippen LogP contribution in [0.2, 0.25) is 0 Å². The number of nitrogens with one attached hydrogen (secondary N) is 1. The van der Waals surface area contributed by atoms with E-state index in [0.717, 1.165) is 18.9 Å². The predicted octanol–water partition coefficient (Wildman–Crippen LogP) is 3.04. The number of benzene rings is 1. The van der Waals surface area contributed by atoms with Crippen molar-refractivity contribution in [2.75, 3.05) is 5.32 Å². The van der Waals surface area contributed by atoms with E-state index in [2.05, 4.69) is 17.2 Å². The van der Waals surface area contributed by atoms with Crippen molar-refractivity contribution in [2.24, 2.45) is 0 Å². The Morgan fingerprint density at radius 2 is 2.18 bits per heavy atom. The van der Waals surface area contributed by atoms with Crippen molar-refractivity contribution in [3.63, 3.8) is 0 Å². The number of nitrogens with zero attached hydrogens (tertiary/aromatic N) is 2. The minimum atomic E-state index is -0.186. The van der Waals surface area contributed by atoms with Gasteiger partial charge in [-0.3, -0.25) is 0 Å². The fraction of sp³-hybridized carbons (Fsp3) is 0.308. The van der Waals surface area contributed by atoms with Crippen molar-refractivity contribution < 1.29 is 4.39 Å². The lowest BCUT2D eigenvalue weighted by Crippen LogP contribution is -2.08. The third-order valence-electron chi connectivity index (χ3n) is 2.57. The lowest BCUT2D eigenvalue weighted by atomic mass is 10.2. The minimum Gasteiger partial charge on any atom is -0.351 e. The van der Waals surface area contributed by atoms with Crippen molar-refractivity contribution in [1.29, 1.82) is 0 Å². The molecule has 2 rings (SSSR count). The summed E-state index contributed by atoms with van der Waals surface area (Å²) in [5.41, 5.74) is 0.651. The fourth-order valence-corrected chi connectivity index (χ4v) is 1.71. The summed E-state index contributed by atoms with van der Waals surface area (Å²) < 4.78 is 15.4. The summed E-state index contributed by atoms with van der Waals surface area (Å²) in [7, 11) is 0. The second-order valence-electron chi connectivity index (χ2n) is 3.89. The molecule has 1 aromatic carbocycles. The summed E-state index contributed by atoms with van der Waals surface area (Å²) in [4.78, 5) is 4.21. The average Bonchev–Trinajstić information content (AvgIpc) is 2.76. The highest BCUT2D eigenvalue weighted by atomic mass is 19.1. The van der Waals surface area contributed by atoms with Crippen molar-refractivity contribution in [1.82, 2.24) is 9.55 Å². The Balaban J connectivity index is 2.02. The van der Waals surface area contributed by atoms with Gasteiger partial charge in [0.25, 0.3) is 0 Å². The zero-order chi connectivity index (χ0) is 12.1. The molecule has 17 heavy (non-hydrogen) atoms. The van der Waals surface area contributed by atoms with Crippen molar-refractivity contribution in [2.45, 2.75) is 26.4 Å². The molecule has 0 amide bonds. The first-order valence-electron chi connectivity index (χ1n) is 5.79. The van der Waals surface area contributed by atoms with E-state index in [9.17, 15) is 4.39 Å². The second-order valence-corrected chi connectivity index (χ2v) is 3.89. The van der Waals surface area contributed by atoms with E-state index in [-0.39, 0.29) is 5.82 Å². The molecule has 0 unspecified atom stereocenters. The zero-order valence-electron chi connectivity index (χ0n) is 9.86. The molecule has 0 fully saturated rings. The van der Waals surface area contributed by atoms with Crippen LogP contribution in [0.25, 0.3) is 0 Å². The van der Waals surface area contributed by atoms with Crippen molar-refractivity contribution >= 4 is 5.95 Å². The Kier molecular flexibility index (Phi) is 3.75. The number of hydrogen-bond donors (Lipinski definition) is 1. The van der Waals surface area contributed by atoms with E-state index in [1.807, 2.05) is 16.8 Å². The Hall–Kier alpha value is -1.84. The summed E-state index contributed by atoms with van der Waals surface area (Å²) in [6.45, 7) is 3.48. The van der Waals surface area contributed by atoms with Gasteiger partial charge in [-0.05, 0) is 12.5 Å². The molecule has 0 spiro atoms. The molecule has 0 aliphatic carbocycles. The van der Waals surface area contributed by atoms with Gasteiger partial charge in [0.1, 0.15) is 5.82 Å². The first-order valence-corrected chi connectivity index (χ1v) is 5.79. The van der Waals surface area contributed by atoms with Gasteiger partial charge < -0.3 is 9.88 Å². The summed E-state index contributed by atoms with van der Waals surface area (Å²) in [5.74, 6) is 0.601. The zero-order valence-corrected chi connectivity index (χ0v) is 9.86. The van der Waals surface area contributed by atoms with Gasteiger partial charge in [-0.1, -0.05) is 25.1 Å². The molecule has 1 aromatic heterocycles. The Morgan fingerprint density at radius 1 is 1.35 bits per heavy atom. The maximum absolute atomic E-state index is 13.4. The maximum Gasteiger partial charge on any atom is 0.203 e. The Bertz CT molecular complexity index is 479. The summed E-state index contributed by atoms with van der Waals surface area (Å²) in [6.07, 6.45) is 4.72. The quantitative estimate of drug-likeness (QED) is 0.860. The van der Waals surface area contributed by atoms with Crippen LogP contribution >= 0.6 is 0 Å². The molecule has 2 aromatic rings. The molecule has 0 bridgehead atoms. The van der Waals surface area contributed by atoms with Crippen LogP contribution in [0.5, 0.6) is 0 Å². The molecule has 1 N–H and O–H groups in total. The number of aryl methyl sites for hydroxylation is 1. The van der Waals surface area contributed by atoms with Gasteiger partial charge in [0, 0.05) is 31.0 Å². The van der Waals surface area contributed by atoms with Gasteiger partial charge in [-0.2, -0.15) is 0 Å². The van der Waals surface area contributed by atoms with Gasteiger partial charge >= 0.3 is 0 Å². The number of aromatic nitrogens is 2. The number of imidazole rings is 1. The predicted molar refractivity (Wildman–Crippen MR) is 66.2 cm³/mol. The lowest BCUT2D eigenvalue weighted by Gasteiger charge is -2.09. The van der Waals surface area contributed by atoms with Gasteiger partial charge in [0.15, 0.2) is 0 Å². The maximum atomic E-state index is 13.4. The summed E-state index contributed by atoms with van der Waals surface area (Å²) in [5, 5.41) is 3.15. The van der Waals surface area contributed by atoms with E-state index in [4.69, 9.17) is 0 Å². The lowest BCUT2D eigenvalue weighted by molar-refractivity contribution is 0.611. The van der Waals surface area contributed by atoms with Crippen LogP contribution in [0.3, 0.4) is 0 Å². The van der Waals surface area contributed by atoms with E-state index in [1.54, 1.807) is 18.3 Å². The topological polar surface area (TPSA) is 29.9 Å². The fourth-order valence-electron chi connectivity index (χ4n) is 1.71. The third kappa shape index (κ3) is 2.84. The van der Waals surface area contributed by atoms with Crippen molar-refractivity contribution in [3.8, 4) is 0 Å². The SMILES string of the molecule is CCCn1ccnc1NCc1ccccc1F. The molecule has 0 atom stereocenters. The van der Waals surface area contributed by atoms with E-state index in [1.165, 1.54) is 6.07 Å². The third-order valence-corrected chi connectivity index (χ3v) is 2.57. The molecule has 0 aliphatic heterocycles. The smallest absolute Gasteiger partial charge is 0.203 e. The largest absolute Gasteiger partial charge is 0.351 e. The number of rotatable bonds is 5. The molecule has 0 aliphatic rings. The summed E-state index contributed by atoms with van der Waals surface area (Å²) >= 11 is 0. The summed E-state index contributed by atoms with van der Waals surface area (Å²) in [6, 6.07) is 6.76. The van der Waals surface area contributed by atoms with Crippen LogP contribution in [0.4, 0.5) is 10.3 Å². The minimum absolute atomic E-state index is 0.186. The standard InChI is InChI=1S/C13H16FN3/c1-2-8-17-9-7-15-13(17)16-10-11-5-3-4-6-12(11)14/h3-7,9H,2,8,10H2,1H3,(H,15,16). The van der Waals surface area contributed by atoms with Gasteiger partial charge in [0.2, 0.25) is 5.95 Å². The molecule has 3 nitrogen and oxygen atoms in total. The molecular formula is C13H16FN3. The number of hydrogen-bond acceptors (Lipinski definition) is 2. The first-order chi connectivity index (χ1) is 8.31. The number of halogens is 1. The van der Waals surface area contributed by atoms with Crippen molar-refractivity contribution in [3.05, 3.63) is 48.0 Å². The van der Waals surface area contributed by atoms with E-state index >= 15 is 0 Å². The average molecular weight is 233 g/mol. The van der Waals surface area contributed by atoms with Crippen LogP contribution in [-0.4, -0.2) is 9.55 Å². The van der Waals surface area contributed by atoms with Crippen LogP contribution < -0.4 is 5.32 Å². The molecule has 4 heteroatoms. The highest BCUT2D eigenvalue weighted by Crippen LogP contribution is 2.10. The first kappa shape index (κ1) is 11.6. The van der Waals surface area contributed by atoms with Crippen LogP contribution in [0.15, 0.2) is 36.7 Å². The molecule has 0 saturated heterocycles. The van der Waals surface area contributed by atoms with Gasteiger partial charge in [-0.25, -0.2) is 9.37 Å². The van der Waals surface area contributed by atoms with Crippen LogP contribution in [-0.2, 0) is 13.1 Å². The molecule has 0 saturated carbocycles. The number of anilines is 1. The Morgan fingerprint density at radius 3 is 2.94 bits per heavy atom. The van der Waals surface area contributed by atoms with E-state index < -0.39 is 0 Å². The molecular weight excluding hydrogens is 217 g/mol. The molecule has 0 radical (unpaired) electrons. The van der Waals surface area contributed by atoms with Crippen LogP contribution in [0, 0.1) is 5.82 Å². The highest BCUT2D eigenvalue weighted by Gasteiger charge is 2.03. The van der Waals surface area contributed by atoms with Crippen LogP contribution in [0.1, 0.15) is 18.9 Å². The Labute approximate surface area is 100 Å². The van der Waals surface area contributed by atoms with E-state index in [0.29, 0.717) is 12.1 Å². The second kappa shape index (κ2) is 5.48. The molecule has 90 valence electrons.